The Hall–Kier alpha value is -3.24. The van der Waals surface area contributed by atoms with Gasteiger partial charge in [0.05, 0.1) is 30.2 Å². The summed E-state index contributed by atoms with van der Waals surface area (Å²) < 4.78 is 35.0. The van der Waals surface area contributed by atoms with E-state index in [-0.39, 0.29) is 34.0 Å². The fourth-order valence-corrected chi connectivity index (χ4v) is 3.34. The average Bonchev–Trinajstić information content (AvgIpc) is 2.76. The van der Waals surface area contributed by atoms with Crippen molar-refractivity contribution in [3.8, 4) is 0 Å². The lowest BCUT2D eigenvalue weighted by atomic mass is 10.1. The summed E-state index contributed by atoms with van der Waals surface area (Å²) in [5.41, 5.74) is 1.21. The highest BCUT2D eigenvalue weighted by Gasteiger charge is 2.15. The number of anilines is 1. The van der Waals surface area contributed by atoms with Gasteiger partial charge < -0.3 is 14.8 Å². The Morgan fingerprint density at radius 2 is 1.43 bits per heavy atom. The molecule has 0 saturated carbocycles. The Balaban J connectivity index is 2.08. The number of amides is 1. The number of carbonyl (C=O) groups is 3. The molecular weight excluding hydrogens is 412 g/mol. The van der Waals surface area contributed by atoms with Crippen molar-refractivity contribution in [1.29, 1.82) is 0 Å². The second kappa shape index (κ2) is 9.99. The molecule has 160 valence electrons. The van der Waals surface area contributed by atoms with Gasteiger partial charge in [0.2, 0.25) is 15.9 Å². The molecule has 2 aromatic carbocycles. The summed E-state index contributed by atoms with van der Waals surface area (Å²) in [4.78, 5) is 36.1. The maximum Gasteiger partial charge on any atom is 0.337 e. The minimum Gasteiger partial charge on any atom is -0.465 e. The molecule has 0 aliphatic heterocycles. The van der Waals surface area contributed by atoms with E-state index >= 15 is 0 Å². The van der Waals surface area contributed by atoms with Gasteiger partial charge in [-0.15, -0.1) is 0 Å². The number of rotatable bonds is 8. The second-order valence-corrected chi connectivity index (χ2v) is 8.07. The monoisotopic (exact) mass is 434 g/mol. The van der Waals surface area contributed by atoms with Crippen LogP contribution in [0.1, 0.15) is 32.7 Å². The van der Waals surface area contributed by atoms with E-state index in [0.717, 1.165) is 5.56 Å². The molecule has 0 aliphatic rings. The normalized spacial score (nSPS) is 10.9. The van der Waals surface area contributed by atoms with Crippen molar-refractivity contribution in [1.82, 2.24) is 4.72 Å². The van der Waals surface area contributed by atoms with Crippen LogP contribution in [0.5, 0.6) is 0 Å². The van der Waals surface area contributed by atoms with Crippen molar-refractivity contribution < 1.29 is 32.3 Å². The fourth-order valence-electron chi connectivity index (χ4n) is 2.61. The summed E-state index contributed by atoms with van der Waals surface area (Å²) in [5.74, 6) is -1.67. The maximum atomic E-state index is 12.3. The number of carbonyl (C=O) groups excluding carboxylic acids is 3. The first-order valence-corrected chi connectivity index (χ1v) is 10.3. The third-order valence-electron chi connectivity index (χ3n) is 4.20. The number of sulfonamides is 1. The number of benzene rings is 2. The fraction of sp³-hybridized carbons (Fsp3) is 0.250. The third kappa shape index (κ3) is 5.88. The van der Waals surface area contributed by atoms with E-state index in [9.17, 15) is 22.8 Å². The zero-order chi connectivity index (χ0) is 22.3. The Bertz CT molecular complexity index is 1010. The van der Waals surface area contributed by atoms with Gasteiger partial charge in [-0.3, -0.25) is 4.79 Å². The van der Waals surface area contributed by atoms with Crippen molar-refractivity contribution in [2.75, 3.05) is 26.6 Å². The van der Waals surface area contributed by atoms with Crippen LogP contribution in [-0.4, -0.2) is 47.5 Å². The molecule has 30 heavy (non-hydrogen) atoms. The van der Waals surface area contributed by atoms with Crippen LogP contribution in [0.3, 0.4) is 0 Å². The first-order chi connectivity index (χ1) is 14.2. The Morgan fingerprint density at radius 3 is 1.90 bits per heavy atom. The van der Waals surface area contributed by atoms with Crippen molar-refractivity contribution in [3.05, 3.63) is 59.2 Å². The SMILES string of the molecule is CNS(=O)(=O)c1ccc(CCC(=O)Nc2cc(C(=O)OC)cc(C(=O)OC)c2)cc1. The summed E-state index contributed by atoms with van der Waals surface area (Å²) in [6.07, 6.45) is 0.473. The number of ether oxygens (including phenoxy) is 2. The molecule has 0 heterocycles. The first kappa shape index (κ1) is 23.0. The molecule has 1 amide bonds. The van der Waals surface area contributed by atoms with E-state index in [1.807, 2.05) is 0 Å². The van der Waals surface area contributed by atoms with Crippen LogP contribution in [0.2, 0.25) is 0 Å². The second-order valence-electron chi connectivity index (χ2n) is 6.18. The third-order valence-corrected chi connectivity index (χ3v) is 5.63. The summed E-state index contributed by atoms with van der Waals surface area (Å²) in [7, 11) is 0.223. The van der Waals surface area contributed by atoms with Crippen LogP contribution >= 0.6 is 0 Å². The smallest absolute Gasteiger partial charge is 0.337 e. The van der Waals surface area contributed by atoms with Gasteiger partial charge in [-0.2, -0.15) is 0 Å². The van der Waals surface area contributed by atoms with Crippen LogP contribution in [0.4, 0.5) is 5.69 Å². The molecule has 0 spiro atoms. The molecular formula is C20H22N2O7S. The summed E-state index contributed by atoms with van der Waals surface area (Å²) in [6.45, 7) is 0. The zero-order valence-electron chi connectivity index (χ0n) is 16.7. The molecule has 2 N–H and O–H groups in total. The molecule has 0 fully saturated rings. The topological polar surface area (TPSA) is 128 Å². The molecule has 0 aromatic heterocycles. The van der Waals surface area contributed by atoms with Crippen LogP contribution in [0, 0.1) is 0 Å². The van der Waals surface area contributed by atoms with E-state index in [1.165, 1.54) is 51.6 Å². The van der Waals surface area contributed by atoms with Gasteiger partial charge in [-0.25, -0.2) is 22.7 Å². The number of hydrogen-bond donors (Lipinski definition) is 2. The van der Waals surface area contributed by atoms with Gasteiger partial charge in [0.15, 0.2) is 0 Å². The molecule has 0 bridgehead atoms. The van der Waals surface area contributed by atoms with Crippen LogP contribution < -0.4 is 10.0 Å². The van der Waals surface area contributed by atoms with Crippen molar-refractivity contribution in [3.63, 3.8) is 0 Å². The predicted molar refractivity (Wildman–Crippen MR) is 109 cm³/mol. The lowest BCUT2D eigenvalue weighted by molar-refractivity contribution is -0.116. The first-order valence-electron chi connectivity index (χ1n) is 8.84. The van der Waals surface area contributed by atoms with Gasteiger partial charge in [0.1, 0.15) is 0 Å². The van der Waals surface area contributed by atoms with Gasteiger partial charge >= 0.3 is 11.9 Å². The minimum absolute atomic E-state index is 0.0945. The van der Waals surface area contributed by atoms with E-state index in [0.29, 0.717) is 6.42 Å². The number of hydrogen-bond acceptors (Lipinski definition) is 7. The van der Waals surface area contributed by atoms with Gasteiger partial charge in [0, 0.05) is 12.1 Å². The molecule has 2 aromatic rings. The largest absolute Gasteiger partial charge is 0.465 e. The van der Waals surface area contributed by atoms with Gasteiger partial charge in [0.25, 0.3) is 0 Å². The van der Waals surface area contributed by atoms with Gasteiger partial charge in [-0.05, 0) is 49.4 Å². The van der Waals surface area contributed by atoms with Crippen LogP contribution in [-0.2, 0) is 30.7 Å². The predicted octanol–water partition coefficient (Wildman–Crippen LogP) is 1.74. The zero-order valence-corrected chi connectivity index (χ0v) is 17.5. The quantitative estimate of drug-likeness (QED) is 0.606. The molecule has 0 unspecified atom stereocenters. The van der Waals surface area contributed by atoms with Crippen molar-refractivity contribution in [2.24, 2.45) is 0 Å². The average molecular weight is 434 g/mol. The van der Waals surface area contributed by atoms with E-state index in [1.54, 1.807) is 12.1 Å². The molecule has 0 atom stereocenters. The van der Waals surface area contributed by atoms with Crippen LogP contribution in [0.15, 0.2) is 47.4 Å². The highest BCUT2D eigenvalue weighted by Crippen LogP contribution is 2.18. The van der Waals surface area contributed by atoms with Crippen molar-refractivity contribution >= 4 is 33.6 Å². The number of aryl methyl sites for hydroxylation is 1. The number of nitrogens with one attached hydrogen (secondary N) is 2. The number of esters is 2. The highest BCUT2D eigenvalue weighted by molar-refractivity contribution is 7.89. The maximum absolute atomic E-state index is 12.3. The van der Waals surface area contributed by atoms with Crippen molar-refractivity contribution in [2.45, 2.75) is 17.7 Å². The standard InChI is InChI=1S/C20H22N2O7S/c1-21-30(26,27)17-7-4-13(5-8-17)6-9-18(23)22-16-11-14(19(24)28-2)10-15(12-16)20(25)29-3/h4-5,7-8,10-12,21H,6,9H2,1-3H3,(H,22,23). The number of methoxy groups -OCH3 is 2. The van der Waals surface area contributed by atoms with E-state index in [4.69, 9.17) is 0 Å². The molecule has 2 rings (SSSR count). The Labute approximate surface area is 174 Å². The molecule has 0 saturated heterocycles. The summed E-state index contributed by atoms with van der Waals surface area (Å²) >= 11 is 0. The van der Waals surface area contributed by atoms with Gasteiger partial charge in [-0.1, -0.05) is 12.1 Å². The molecule has 9 nitrogen and oxygen atoms in total. The Morgan fingerprint density at radius 1 is 0.900 bits per heavy atom. The van der Waals surface area contributed by atoms with E-state index < -0.39 is 22.0 Å². The Kier molecular flexibility index (Phi) is 7.67. The highest BCUT2D eigenvalue weighted by atomic mass is 32.2. The minimum atomic E-state index is -3.52. The molecule has 0 radical (unpaired) electrons. The molecule has 0 aliphatic carbocycles. The van der Waals surface area contributed by atoms with Crippen LogP contribution in [0.25, 0.3) is 0 Å². The summed E-state index contributed by atoms with van der Waals surface area (Å²) in [6, 6.07) is 10.3. The molecule has 10 heteroatoms. The lowest BCUT2D eigenvalue weighted by Crippen LogP contribution is -2.18. The lowest BCUT2D eigenvalue weighted by Gasteiger charge is -2.10. The van der Waals surface area contributed by atoms with E-state index in [2.05, 4.69) is 19.5 Å². The summed E-state index contributed by atoms with van der Waals surface area (Å²) in [5, 5.41) is 2.64.